The standard InChI is InChI=1S/C14H13BrClFN2/c1-19(8-9-4-2-3-5-11(9)16)14-6-10(15)12(17)7-13(14)18/h2-7H,8,18H2,1H3. The highest BCUT2D eigenvalue weighted by atomic mass is 79.9. The lowest BCUT2D eigenvalue weighted by molar-refractivity contribution is 0.621. The van der Waals surface area contributed by atoms with E-state index in [0.717, 1.165) is 11.3 Å². The average Bonchev–Trinajstić information content (AvgIpc) is 2.36. The maximum Gasteiger partial charge on any atom is 0.139 e. The van der Waals surface area contributed by atoms with Crippen LogP contribution in [0.2, 0.25) is 5.02 Å². The first kappa shape index (κ1) is 14.2. The molecule has 0 radical (unpaired) electrons. The summed E-state index contributed by atoms with van der Waals surface area (Å²) in [6.07, 6.45) is 0. The molecule has 0 aliphatic rings. The van der Waals surface area contributed by atoms with Crippen LogP contribution in [0.4, 0.5) is 15.8 Å². The molecule has 2 N–H and O–H groups in total. The van der Waals surface area contributed by atoms with Gasteiger partial charge in [0.05, 0.1) is 15.8 Å². The van der Waals surface area contributed by atoms with Gasteiger partial charge in [-0.1, -0.05) is 29.8 Å². The Bertz CT molecular complexity index is 604. The van der Waals surface area contributed by atoms with Gasteiger partial charge in [-0.15, -0.1) is 0 Å². The Balaban J connectivity index is 2.28. The lowest BCUT2D eigenvalue weighted by Gasteiger charge is -2.22. The topological polar surface area (TPSA) is 29.3 Å². The fraction of sp³-hybridized carbons (Fsp3) is 0.143. The van der Waals surface area contributed by atoms with Crippen molar-refractivity contribution in [2.45, 2.75) is 6.54 Å². The first-order valence-corrected chi connectivity index (χ1v) is 6.85. The van der Waals surface area contributed by atoms with Gasteiger partial charge in [-0.2, -0.15) is 0 Å². The molecule has 2 aromatic carbocycles. The van der Waals surface area contributed by atoms with Gasteiger partial charge in [-0.05, 0) is 33.6 Å². The van der Waals surface area contributed by atoms with Crippen LogP contribution in [0.1, 0.15) is 5.56 Å². The van der Waals surface area contributed by atoms with Crippen LogP contribution < -0.4 is 10.6 Å². The van der Waals surface area contributed by atoms with E-state index in [1.165, 1.54) is 6.07 Å². The number of halogens is 3. The maximum atomic E-state index is 13.3. The zero-order chi connectivity index (χ0) is 14.0. The maximum absolute atomic E-state index is 13.3. The number of nitrogens with zero attached hydrogens (tertiary/aromatic N) is 1. The summed E-state index contributed by atoms with van der Waals surface area (Å²) in [5, 5.41) is 0.703. The molecule has 19 heavy (non-hydrogen) atoms. The number of hydrogen-bond donors (Lipinski definition) is 1. The minimum Gasteiger partial charge on any atom is -0.397 e. The predicted molar refractivity (Wildman–Crippen MR) is 82.1 cm³/mol. The van der Waals surface area contributed by atoms with Crippen molar-refractivity contribution < 1.29 is 4.39 Å². The quantitative estimate of drug-likeness (QED) is 0.834. The van der Waals surface area contributed by atoms with Crippen LogP contribution in [0.5, 0.6) is 0 Å². The Hall–Kier alpha value is -1.26. The van der Waals surface area contributed by atoms with Crippen LogP contribution >= 0.6 is 27.5 Å². The Labute approximate surface area is 125 Å². The van der Waals surface area contributed by atoms with Gasteiger partial charge in [0.2, 0.25) is 0 Å². The largest absolute Gasteiger partial charge is 0.397 e. The molecule has 0 unspecified atom stereocenters. The molecule has 0 bridgehead atoms. The van der Waals surface area contributed by atoms with Gasteiger partial charge in [0.1, 0.15) is 5.82 Å². The summed E-state index contributed by atoms with van der Waals surface area (Å²) in [6, 6.07) is 10.6. The zero-order valence-corrected chi connectivity index (χ0v) is 12.7. The van der Waals surface area contributed by atoms with E-state index in [1.54, 1.807) is 6.07 Å². The van der Waals surface area contributed by atoms with Gasteiger partial charge >= 0.3 is 0 Å². The van der Waals surface area contributed by atoms with E-state index < -0.39 is 0 Å². The van der Waals surface area contributed by atoms with Gasteiger partial charge in [0.25, 0.3) is 0 Å². The number of benzene rings is 2. The molecule has 2 rings (SSSR count). The van der Waals surface area contributed by atoms with Crippen LogP contribution in [0.15, 0.2) is 40.9 Å². The summed E-state index contributed by atoms with van der Waals surface area (Å²) in [5.41, 5.74) is 8.00. The number of rotatable bonds is 3. The third kappa shape index (κ3) is 3.19. The van der Waals surface area contributed by atoms with E-state index in [0.29, 0.717) is 21.7 Å². The molecular weight excluding hydrogens is 331 g/mol. The number of anilines is 2. The third-order valence-corrected chi connectivity index (χ3v) is 3.82. The Morgan fingerprint density at radius 3 is 2.68 bits per heavy atom. The molecule has 0 atom stereocenters. The second kappa shape index (κ2) is 5.80. The van der Waals surface area contributed by atoms with E-state index in [1.807, 2.05) is 36.2 Å². The minimum absolute atomic E-state index is 0.368. The highest BCUT2D eigenvalue weighted by Gasteiger charge is 2.11. The van der Waals surface area contributed by atoms with Crippen molar-refractivity contribution in [3.05, 3.63) is 57.3 Å². The van der Waals surface area contributed by atoms with E-state index in [2.05, 4.69) is 15.9 Å². The summed E-state index contributed by atoms with van der Waals surface area (Å²) in [5.74, 6) is -0.368. The number of nitrogen functional groups attached to an aromatic ring is 1. The third-order valence-electron chi connectivity index (χ3n) is 2.85. The van der Waals surface area contributed by atoms with Gasteiger partial charge in [0.15, 0.2) is 0 Å². The molecule has 2 nitrogen and oxygen atoms in total. The molecule has 2 aromatic rings. The molecule has 0 spiro atoms. The van der Waals surface area contributed by atoms with Crippen LogP contribution in [0.3, 0.4) is 0 Å². The van der Waals surface area contributed by atoms with Gasteiger partial charge in [-0.3, -0.25) is 0 Å². The van der Waals surface area contributed by atoms with Gasteiger partial charge in [0, 0.05) is 24.7 Å². The average molecular weight is 344 g/mol. The van der Waals surface area contributed by atoms with Crippen LogP contribution in [-0.2, 0) is 6.54 Å². The normalized spacial score (nSPS) is 10.5. The van der Waals surface area contributed by atoms with E-state index in [9.17, 15) is 4.39 Å². The molecule has 0 aromatic heterocycles. The molecule has 0 heterocycles. The lowest BCUT2D eigenvalue weighted by Crippen LogP contribution is -2.18. The Kier molecular flexibility index (Phi) is 4.32. The molecule has 100 valence electrons. The molecule has 0 fully saturated rings. The summed E-state index contributed by atoms with van der Waals surface area (Å²) >= 11 is 9.29. The number of nitrogens with two attached hydrogens (primary N) is 1. The second-order valence-corrected chi connectivity index (χ2v) is 5.53. The van der Waals surface area contributed by atoms with Crippen molar-refractivity contribution in [1.82, 2.24) is 0 Å². The van der Waals surface area contributed by atoms with Crippen molar-refractivity contribution >= 4 is 38.9 Å². The smallest absolute Gasteiger partial charge is 0.139 e. The highest BCUT2D eigenvalue weighted by Crippen LogP contribution is 2.30. The molecule has 0 saturated carbocycles. The van der Waals surface area contributed by atoms with Crippen molar-refractivity contribution in [3.8, 4) is 0 Å². The second-order valence-electron chi connectivity index (χ2n) is 4.27. The van der Waals surface area contributed by atoms with E-state index >= 15 is 0 Å². The van der Waals surface area contributed by atoms with Crippen LogP contribution in [0, 0.1) is 5.82 Å². The fourth-order valence-corrected chi connectivity index (χ4v) is 2.38. The van der Waals surface area contributed by atoms with Crippen molar-refractivity contribution in [2.24, 2.45) is 0 Å². The fourth-order valence-electron chi connectivity index (χ4n) is 1.85. The number of hydrogen-bond acceptors (Lipinski definition) is 2. The summed E-state index contributed by atoms with van der Waals surface area (Å²) in [4.78, 5) is 1.93. The molecule has 5 heteroatoms. The minimum atomic E-state index is -0.368. The summed E-state index contributed by atoms with van der Waals surface area (Å²) < 4.78 is 13.7. The van der Waals surface area contributed by atoms with E-state index in [4.69, 9.17) is 17.3 Å². The predicted octanol–water partition coefficient (Wildman–Crippen LogP) is 4.46. The Morgan fingerprint density at radius 1 is 1.32 bits per heavy atom. The van der Waals surface area contributed by atoms with Crippen LogP contribution in [0.25, 0.3) is 0 Å². The lowest BCUT2D eigenvalue weighted by atomic mass is 10.2. The molecule has 0 amide bonds. The van der Waals surface area contributed by atoms with Gasteiger partial charge in [-0.25, -0.2) is 4.39 Å². The molecule has 0 saturated heterocycles. The van der Waals surface area contributed by atoms with Crippen molar-refractivity contribution in [2.75, 3.05) is 17.7 Å². The summed E-state index contributed by atoms with van der Waals surface area (Å²) in [6.45, 7) is 0.599. The first-order chi connectivity index (χ1) is 8.99. The first-order valence-electron chi connectivity index (χ1n) is 5.68. The SMILES string of the molecule is CN(Cc1ccccc1Cl)c1cc(Br)c(F)cc1N. The zero-order valence-electron chi connectivity index (χ0n) is 10.3. The molecule has 0 aliphatic heterocycles. The Morgan fingerprint density at radius 2 is 2.00 bits per heavy atom. The monoisotopic (exact) mass is 342 g/mol. The van der Waals surface area contributed by atoms with Gasteiger partial charge < -0.3 is 10.6 Å². The highest BCUT2D eigenvalue weighted by molar-refractivity contribution is 9.10. The molecular formula is C14H13BrClFN2. The molecule has 0 aliphatic carbocycles. The summed E-state index contributed by atoms with van der Waals surface area (Å²) in [7, 11) is 1.89. The van der Waals surface area contributed by atoms with Crippen LogP contribution in [-0.4, -0.2) is 7.05 Å². The van der Waals surface area contributed by atoms with E-state index in [-0.39, 0.29) is 5.82 Å². The van der Waals surface area contributed by atoms with Crippen molar-refractivity contribution in [1.29, 1.82) is 0 Å². The van der Waals surface area contributed by atoms with Crippen molar-refractivity contribution in [3.63, 3.8) is 0 Å².